The molecule has 116 valence electrons. The Balaban J connectivity index is 1.59. The molecule has 23 heavy (non-hydrogen) atoms. The highest BCUT2D eigenvalue weighted by atomic mass is 16.5. The second-order valence-corrected chi connectivity index (χ2v) is 5.33. The molecule has 1 amide bonds. The SMILES string of the molecule is O=C1CC[C@@H](c2nc(-c3ccccn3)no2)N1Cc1ccco1. The summed E-state index contributed by atoms with van der Waals surface area (Å²) >= 11 is 0. The maximum atomic E-state index is 12.1. The lowest BCUT2D eigenvalue weighted by Gasteiger charge is -2.20. The van der Waals surface area contributed by atoms with Gasteiger partial charge in [-0.3, -0.25) is 9.78 Å². The molecule has 7 heteroatoms. The number of amides is 1. The van der Waals surface area contributed by atoms with Gasteiger partial charge in [0.05, 0.1) is 12.8 Å². The van der Waals surface area contributed by atoms with Crippen molar-refractivity contribution in [3.05, 3.63) is 54.4 Å². The van der Waals surface area contributed by atoms with E-state index in [1.807, 2.05) is 24.3 Å². The Morgan fingerprint density at radius 1 is 1.26 bits per heavy atom. The molecular weight excluding hydrogens is 296 g/mol. The van der Waals surface area contributed by atoms with Crippen LogP contribution in [0.15, 0.2) is 51.7 Å². The van der Waals surface area contributed by atoms with E-state index in [2.05, 4.69) is 15.1 Å². The molecular formula is C16H14N4O3. The zero-order chi connectivity index (χ0) is 15.6. The minimum absolute atomic E-state index is 0.0592. The van der Waals surface area contributed by atoms with Crippen LogP contribution in [0.4, 0.5) is 0 Å². The first-order chi connectivity index (χ1) is 11.3. The van der Waals surface area contributed by atoms with Crippen LogP contribution in [0, 0.1) is 0 Å². The zero-order valence-electron chi connectivity index (χ0n) is 12.3. The summed E-state index contributed by atoms with van der Waals surface area (Å²) in [6.45, 7) is 0.401. The first-order valence-corrected chi connectivity index (χ1v) is 7.38. The summed E-state index contributed by atoms with van der Waals surface area (Å²) in [6, 6.07) is 8.92. The Kier molecular flexibility index (Phi) is 3.38. The smallest absolute Gasteiger partial charge is 0.249 e. The van der Waals surface area contributed by atoms with Crippen molar-refractivity contribution < 1.29 is 13.7 Å². The summed E-state index contributed by atoms with van der Waals surface area (Å²) in [6.07, 6.45) is 4.39. The maximum absolute atomic E-state index is 12.1. The summed E-state index contributed by atoms with van der Waals surface area (Å²) in [5.41, 5.74) is 0.643. The van der Waals surface area contributed by atoms with Crippen LogP contribution in [0.3, 0.4) is 0 Å². The molecule has 3 aromatic heterocycles. The third-order valence-electron chi connectivity index (χ3n) is 3.86. The minimum Gasteiger partial charge on any atom is -0.467 e. The molecule has 0 aromatic carbocycles. The lowest BCUT2D eigenvalue weighted by atomic mass is 10.2. The van der Waals surface area contributed by atoms with E-state index in [0.717, 1.165) is 5.76 Å². The summed E-state index contributed by atoms with van der Waals surface area (Å²) < 4.78 is 10.7. The van der Waals surface area contributed by atoms with Crippen LogP contribution in [-0.2, 0) is 11.3 Å². The number of likely N-dealkylation sites (tertiary alicyclic amines) is 1. The van der Waals surface area contributed by atoms with Crippen molar-refractivity contribution >= 4 is 5.91 Å². The van der Waals surface area contributed by atoms with Gasteiger partial charge in [-0.1, -0.05) is 11.2 Å². The molecule has 0 spiro atoms. The lowest BCUT2D eigenvalue weighted by Crippen LogP contribution is -2.27. The Morgan fingerprint density at radius 2 is 2.22 bits per heavy atom. The zero-order valence-corrected chi connectivity index (χ0v) is 12.3. The van der Waals surface area contributed by atoms with Crippen LogP contribution in [0.2, 0.25) is 0 Å². The van der Waals surface area contributed by atoms with Gasteiger partial charge in [0, 0.05) is 12.6 Å². The van der Waals surface area contributed by atoms with E-state index in [0.29, 0.717) is 36.8 Å². The Labute approximate surface area is 131 Å². The molecule has 3 aromatic rings. The molecule has 7 nitrogen and oxygen atoms in total. The molecule has 1 fully saturated rings. The van der Waals surface area contributed by atoms with Gasteiger partial charge in [0.15, 0.2) is 0 Å². The molecule has 0 bridgehead atoms. The van der Waals surface area contributed by atoms with Gasteiger partial charge in [0.1, 0.15) is 17.5 Å². The summed E-state index contributed by atoms with van der Waals surface area (Å²) in [7, 11) is 0. The largest absolute Gasteiger partial charge is 0.467 e. The van der Waals surface area contributed by atoms with E-state index < -0.39 is 0 Å². The van der Waals surface area contributed by atoms with Crippen LogP contribution in [0.1, 0.15) is 30.5 Å². The number of hydrogen-bond acceptors (Lipinski definition) is 6. The van der Waals surface area contributed by atoms with Crippen molar-refractivity contribution in [2.75, 3.05) is 0 Å². The van der Waals surface area contributed by atoms with E-state index in [-0.39, 0.29) is 11.9 Å². The average molecular weight is 310 g/mol. The Bertz CT molecular complexity index is 798. The number of aromatic nitrogens is 3. The molecule has 0 radical (unpaired) electrons. The van der Waals surface area contributed by atoms with Crippen LogP contribution in [0.25, 0.3) is 11.5 Å². The number of hydrogen-bond donors (Lipinski definition) is 0. The van der Waals surface area contributed by atoms with Crippen LogP contribution < -0.4 is 0 Å². The number of furan rings is 1. The predicted molar refractivity (Wildman–Crippen MR) is 78.8 cm³/mol. The predicted octanol–water partition coefficient (Wildman–Crippen LogP) is 2.59. The van der Waals surface area contributed by atoms with Gasteiger partial charge in [0.2, 0.25) is 17.6 Å². The first-order valence-electron chi connectivity index (χ1n) is 7.38. The number of carbonyl (C=O) groups is 1. The van der Waals surface area contributed by atoms with Crippen LogP contribution in [-0.4, -0.2) is 25.9 Å². The monoisotopic (exact) mass is 310 g/mol. The fourth-order valence-corrected chi connectivity index (χ4v) is 2.73. The highest BCUT2D eigenvalue weighted by Gasteiger charge is 2.36. The van der Waals surface area contributed by atoms with Crippen molar-refractivity contribution in [1.82, 2.24) is 20.0 Å². The molecule has 0 aliphatic carbocycles. The quantitative estimate of drug-likeness (QED) is 0.736. The maximum Gasteiger partial charge on any atom is 0.249 e. The van der Waals surface area contributed by atoms with Crippen molar-refractivity contribution in [3.63, 3.8) is 0 Å². The van der Waals surface area contributed by atoms with Crippen molar-refractivity contribution in [1.29, 1.82) is 0 Å². The molecule has 1 aliphatic heterocycles. The van der Waals surface area contributed by atoms with Crippen molar-refractivity contribution in [3.8, 4) is 11.5 Å². The second-order valence-electron chi connectivity index (χ2n) is 5.33. The lowest BCUT2D eigenvalue weighted by molar-refractivity contribution is -0.130. The Morgan fingerprint density at radius 3 is 3.00 bits per heavy atom. The van der Waals surface area contributed by atoms with Gasteiger partial charge >= 0.3 is 0 Å². The van der Waals surface area contributed by atoms with Crippen molar-refractivity contribution in [2.45, 2.75) is 25.4 Å². The summed E-state index contributed by atoms with van der Waals surface area (Å²) in [5.74, 6) is 1.65. The third kappa shape index (κ3) is 2.61. The molecule has 4 heterocycles. The van der Waals surface area contributed by atoms with Gasteiger partial charge in [-0.25, -0.2) is 0 Å². The summed E-state index contributed by atoms with van der Waals surface area (Å²) in [4.78, 5) is 22.5. The van der Waals surface area contributed by atoms with Gasteiger partial charge in [0.25, 0.3) is 0 Å². The molecule has 1 aliphatic rings. The number of carbonyl (C=O) groups excluding carboxylic acids is 1. The van der Waals surface area contributed by atoms with Crippen LogP contribution >= 0.6 is 0 Å². The van der Waals surface area contributed by atoms with Gasteiger partial charge < -0.3 is 13.8 Å². The van der Waals surface area contributed by atoms with E-state index in [1.165, 1.54) is 0 Å². The highest BCUT2D eigenvalue weighted by Crippen LogP contribution is 2.33. The minimum atomic E-state index is -0.224. The summed E-state index contributed by atoms with van der Waals surface area (Å²) in [5, 5.41) is 3.98. The Hall–Kier alpha value is -2.96. The average Bonchev–Trinajstić information content (AvgIpc) is 3.31. The van der Waals surface area contributed by atoms with Crippen molar-refractivity contribution in [2.24, 2.45) is 0 Å². The van der Waals surface area contributed by atoms with E-state index in [9.17, 15) is 4.79 Å². The first kappa shape index (κ1) is 13.7. The second kappa shape index (κ2) is 5.68. The third-order valence-corrected chi connectivity index (χ3v) is 3.86. The fraction of sp³-hybridized carbons (Fsp3) is 0.250. The number of pyridine rings is 1. The number of nitrogens with zero attached hydrogens (tertiary/aromatic N) is 4. The highest BCUT2D eigenvalue weighted by molar-refractivity contribution is 5.78. The molecule has 0 saturated carbocycles. The van der Waals surface area contributed by atoms with E-state index >= 15 is 0 Å². The van der Waals surface area contributed by atoms with Crippen LogP contribution in [0.5, 0.6) is 0 Å². The topological polar surface area (TPSA) is 85.3 Å². The van der Waals surface area contributed by atoms with E-state index in [4.69, 9.17) is 8.94 Å². The molecule has 1 atom stereocenters. The number of rotatable bonds is 4. The van der Waals surface area contributed by atoms with Gasteiger partial charge in [-0.15, -0.1) is 0 Å². The van der Waals surface area contributed by atoms with E-state index in [1.54, 1.807) is 23.4 Å². The van der Waals surface area contributed by atoms with Gasteiger partial charge in [-0.05, 0) is 30.7 Å². The molecule has 0 unspecified atom stereocenters. The molecule has 1 saturated heterocycles. The fourth-order valence-electron chi connectivity index (χ4n) is 2.73. The molecule has 0 N–H and O–H groups in total. The standard InChI is InChI=1S/C16H14N4O3/c21-14-7-6-13(20(14)10-11-4-3-9-22-11)16-18-15(19-23-16)12-5-1-2-8-17-12/h1-5,8-9,13H,6-7,10H2/t13-/m0/s1. The molecule has 4 rings (SSSR count). The van der Waals surface area contributed by atoms with Gasteiger partial charge in [-0.2, -0.15) is 4.98 Å². The normalized spacial score (nSPS) is 17.8.